The largest absolute Gasteiger partial charge is 0.494 e. The van der Waals surface area contributed by atoms with Crippen LogP contribution in [0, 0.1) is 5.82 Å². The van der Waals surface area contributed by atoms with Gasteiger partial charge in [0.25, 0.3) is 0 Å². The van der Waals surface area contributed by atoms with Gasteiger partial charge in [-0.25, -0.2) is 4.39 Å². The van der Waals surface area contributed by atoms with Crippen LogP contribution in [-0.4, -0.2) is 61.4 Å². The van der Waals surface area contributed by atoms with Gasteiger partial charge in [0, 0.05) is 13.0 Å². The summed E-state index contributed by atoms with van der Waals surface area (Å²) in [5.74, 6) is 1.39. The van der Waals surface area contributed by atoms with Gasteiger partial charge >= 0.3 is 0 Å². The summed E-state index contributed by atoms with van der Waals surface area (Å²) >= 11 is 0. The van der Waals surface area contributed by atoms with Crippen LogP contribution in [0.25, 0.3) is 0 Å². The molecule has 0 radical (unpaired) electrons. The molecule has 2 atom stereocenters. The first-order valence-electron chi connectivity index (χ1n) is 11.6. The van der Waals surface area contributed by atoms with Crippen LogP contribution in [-0.2, 0) is 4.79 Å². The van der Waals surface area contributed by atoms with Crippen LogP contribution in [0.3, 0.4) is 0 Å². The number of rotatable bonds is 10. The molecule has 1 amide bonds. The number of halogens is 1. The van der Waals surface area contributed by atoms with Gasteiger partial charge < -0.3 is 29.5 Å². The molecule has 0 aliphatic carbocycles. The van der Waals surface area contributed by atoms with Crippen molar-refractivity contribution in [3.05, 3.63) is 53.8 Å². The SMILES string of the molecule is O=C(CCCOc1ccc(F)cc1)N[C@H](CN1CCCC1)[C@H](O)c1ccc2c(c1)OCCO2. The van der Waals surface area contributed by atoms with E-state index in [1.54, 1.807) is 24.3 Å². The molecule has 1 fully saturated rings. The summed E-state index contributed by atoms with van der Waals surface area (Å²) in [6, 6.07) is 10.8. The fraction of sp³-hybridized carbons (Fsp3) is 0.480. The van der Waals surface area contributed by atoms with Crippen LogP contribution < -0.4 is 19.5 Å². The van der Waals surface area contributed by atoms with E-state index in [0.717, 1.165) is 25.9 Å². The first-order chi connectivity index (χ1) is 16.1. The van der Waals surface area contributed by atoms with Crippen LogP contribution >= 0.6 is 0 Å². The van der Waals surface area contributed by atoms with E-state index >= 15 is 0 Å². The Hall–Kier alpha value is -2.84. The van der Waals surface area contributed by atoms with Gasteiger partial charge in [-0.2, -0.15) is 0 Å². The van der Waals surface area contributed by atoms with Crippen molar-refractivity contribution in [2.24, 2.45) is 0 Å². The van der Waals surface area contributed by atoms with Crippen molar-refractivity contribution in [1.29, 1.82) is 0 Å². The first-order valence-corrected chi connectivity index (χ1v) is 11.6. The van der Waals surface area contributed by atoms with E-state index in [-0.39, 0.29) is 18.1 Å². The third kappa shape index (κ3) is 6.58. The molecule has 0 aromatic heterocycles. The van der Waals surface area contributed by atoms with Crippen LogP contribution in [0.2, 0.25) is 0 Å². The zero-order valence-corrected chi connectivity index (χ0v) is 18.7. The number of aliphatic hydroxyl groups is 1. The van der Waals surface area contributed by atoms with Crippen molar-refractivity contribution in [3.8, 4) is 17.2 Å². The Labute approximate surface area is 193 Å². The molecule has 2 heterocycles. The highest BCUT2D eigenvalue weighted by Crippen LogP contribution is 2.33. The molecular formula is C25H31FN2O5. The maximum atomic E-state index is 13.0. The number of carbonyl (C=O) groups is 1. The Morgan fingerprint density at radius 2 is 1.82 bits per heavy atom. The van der Waals surface area contributed by atoms with Gasteiger partial charge in [-0.3, -0.25) is 4.79 Å². The van der Waals surface area contributed by atoms with E-state index in [1.807, 2.05) is 6.07 Å². The lowest BCUT2D eigenvalue weighted by Crippen LogP contribution is -2.46. The molecule has 0 saturated carbocycles. The Morgan fingerprint density at radius 3 is 2.58 bits per heavy atom. The average Bonchev–Trinajstić information content (AvgIpc) is 3.35. The first kappa shape index (κ1) is 23.3. The molecular weight excluding hydrogens is 427 g/mol. The molecule has 2 aliphatic heterocycles. The molecule has 0 unspecified atom stereocenters. The molecule has 7 nitrogen and oxygen atoms in total. The normalized spacial score (nSPS) is 17.4. The summed E-state index contributed by atoms with van der Waals surface area (Å²) in [6.07, 6.45) is 2.16. The van der Waals surface area contributed by atoms with Gasteiger partial charge in [0.2, 0.25) is 5.91 Å². The monoisotopic (exact) mass is 458 g/mol. The standard InChI is InChI=1S/C25H31FN2O5/c26-19-6-8-20(9-7-19)31-13-3-4-24(29)27-21(17-28-11-1-2-12-28)25(30)18-5-10-22-23(16-18)33-15-14-32-22/h5-10,16,21,25,30H,1-4,11-15,17H2,(H,27,29)/t21-,25-/m1/s1. The van der Waals surface area contributed by atoms with Crippen LogP contribution in [0.5, 0.6) is 17.2 Å². The minimum Gasteiger partial charge on any atom is -0.494 e. The second-order valence-electron chi connectivity index (χ2n) is 8.44. The van der Waals surface area contributed by atoms with Crippen molar-refractivity contribution in [3.63, 3.8) is 0 Å². The summed E-state index contributed by atoms with van der Waals surface area (Å²) in [5.41, 5.74) is 0.684. The summed E-state index contributed by atoms with van der Waals surface area (Å²) in [6.45, 7) is 3.83. The van der Waals surface area contributed by atoms with Gasteiger partial charge in [0.15, 0.2) is 11.5 Å². The molecule has 2 aliphatic rings. The number of fused-ring (bicyclic) bond motifs is 1. The minimum atomic E-state index is -0.874. The zero-order chi connectivity index (χ0) is 23.0. The predicted molar refractivity (Wildman–Crippen MR) is 121 cm³/mol. The van der Waals surface area contributed by atoms with E-state index in [4.69, 9.17) is 14.2 Å². The molecule has 2 aromatic carbocycles. The Kier molecular flexibility index (Phi) is 8.01. The van der Waals surface area contributed by atoms with Crippen LogP contribution in [0.15, 0.2) is 42.5 Å². The van der Waals surface area contributed by atoms with Crippen LogP contribution in [0.1, 0.15) is 37.4 Å². The van der Waals surface area contributed by atoms with Crippen molar-refractivity contribution in [2.75, 3.05) is 39.5 Å². The zero-order valence-electron chi connectivity index (χ0n) is 18.7. The molecule has 1 saturated heterocycles. The van der Waals surface area contributed by atoms with Gasteiger partial charge in [-0.05, 0) is 74.3 Å². The van der Waals surface area contributed by atoms with E-state index < -0.39 is 12.1 Å². The highest BCUT2D eigenvalue weighted by Gasteiger charge is 2.27. The molecule has 0 bridgehead atoms. The van der Waals surface area contributed by atoms with Gasteiger partial charge in [0.05, 0.1) is 12.6 Å². The lowest BCUT2D eigenvalue weighted by Gasteiger charge is -2.29. The van der Waals surface area contributed by atoms with Gasteiger partial charge in [-0.15, -0.1) is 0 Å². The van der Waals surface area contributed by atoms with Crippen LogP contribution in [0.4, 0.5) is 4.39 Å². The maximum absolute atomic E-state index is 13.0. The summed E-state index contributed by atoms with van der Waals surface area (Å²) in [4.78, 5) is 14.9. The molecule has 33 heavy (non-hydrogen) atoms. The number of aliphatic hydroxyl groups excluding tert-OH is 1. The molecule has 178 valence electrons. The van der Waals surface area contributed by atoms with Crippen molar-refractivity contribution in [1.82, 2.24) is 10.2 Å². The summed E-state index contributed by atoms with van der Waals surface area (Å²) in [7, 11) is 0. The number of likely N-dealkylation sites (tertiary alicyclic amines) is 1. The Balaban J connectivity index is 1.33. The number of benzene rings is 2. The number of nitrogens with one attached hydrogen (secondary N) is 1. The van der Waals surface area contributed by atoms with Crippen molar-refractivity contribution < 1.29 is 28.5 Å². The lowest BCUT2D eigenvalue weighted by molar-refractivity contribution is -0.123. The molecule has 8 heteroatoms. The van der Waals surface area contributed by atoms with E-state index in [2.05, 4.69) is 10.2 Å². The lowest BCUT2D eigenvalue weighted by atomic mass is 10.0. The summed E-state index contributed by atoms with van der Waals surface area (Å²) in [5, 5.41) is 14.2. The minimum absolute atomic E-state index is 0.140. The smallest absolute Gasteiger partial charge is 0.220 e. The number of hydrogen-bond acceptors (Lipinski definition) is 6. The molecule has 2 N–H and O–H groups in total. The van der Waals surface area contributed by atoms with Gasteiger partial charge in [0.1, 0.15) is 30.9 Å². The Bertz CT molecular complexity index is 918. The topological polar surface area (TPSA) is 80.3 Å². The number of amides is 1. The number of carbonyl (C=O) groups excluding carboxylic acids is 1. The summed E-state index contributed by atoms with van der Waals surface area (Å²) < 4.78 is 29.8. The number of nitrogens with zero attached hydrogens (tertiary/aromatic N) is 1. The average molecular weight is 459 g/mol. The predicted octanol–water partition coefficient (Wildman–Crippen LogP) is 3.07. The molecule has 2 aromatic rings. The molecule has 4 rings (SSSR count). The third-order valence-electron chi connectivity index (χ3n) is 5.92. The quantitative estimate of drug-likeness (QED) is 0.533. The number of ether oxygens (including phenoxy) is 3. The van der Waals surface area contributed by atoms with E-state index in [0.29, 0.717) is 55.6 Å². The highest BCUT2D eigenvalue weighted by molar-refractivity contribution is 5.76. The van der Waals surface area contributed by atoms with E-state index in [9.17, 15) is 14.3 Å². The second-order valence-corrected chi connectivity index (χ2v) is 8.44. The fourth-order valence-corrected chi connectivity index (χ4v) is 4.18. The number of hydrogen-bond donors (Lipinski definition) is 2. The second kappa shape index (κ2) is 11.3. The van der Waals surface area contributed by atoms with Gasteiger partial charge in [-0.1, -0.05) is 6.07 Å². The third-order valence-corrected chi connectivity index (χ3v) is 5.92. The van der Waals surface area contributed by atoms with E-state index in [1.165, 1.54) is 12.1 Å². The maximum Gasteiger partial charge on any atom is 0.220 e. The molecule has 0 spiro atoms. The highest BCUT2D eigenvalue weighted by atomic mass is 19.1. The fourth-order valence-electron chi connectivity index (χ4n) is 4.18. The Morgan fingerprint density at radius 1 is 1.09 bits per heavy atom. The van der Waals surface area contributed by atoms with Crippen molar-refractivity contribution in [2.45, 2.75) is 37.8 Å². The van der Waals surface area contributed by atoms with Crippen molar-refractivity contribution >= 4 is 5.91 Å².